The molecule has 98 valence electrons. The lowest BCUT2D eigenvalue weighted by Crippen LogP contribution is -2.03. The fourth-order valence-corrected chi connectivity index (χ4v) is 2.29. The van der Waals surface area contributed by atoms with E-state index in [1.807, 2.05) is 16.8 Å². The first-order valence-corrected chi connectivity index (χ1v) is 6.52. The number of thiophene rings is 1. The number of aldehydes is 1. The topological polar surface area (TPSA) is 69.4 Å². The lowest BCUT2D eigenvalue weighted by molar-refractivity contribution is -0.385. The minimum atomic E-state index is -0.549. The Morgan fingerprint density at radius 3 is 2.84 bits per heavy atom. The molecule has 6 heteroatoms. The van der Waals surface area contributed by atoms with Crippen molar-refractivity contribution in [3.05, 3.63) is 56.3 Å². The molecule has 1 heterocycles. The van der Waals surface area contributed by atoms with E-state index in [0.29, 0.717) is 19.3 Å². The van der Waals surface area contributed by atoms with E-state index in [4.69, 9.17) is 4.74 Å². The van der Waals surface area contributed by atoms with Crippen molar-refractivity contribution in [2.24, 2.45) is 0 Å². The molecule has 2 aromatic rings. The zero-order valence-corrected chi connectivity index (χ0v) is 10.8. The largest absolute Gasteiger partial charge is 0.486 e. The fourth-order valence-electron chi connectivity index (χ4n) is 1.59. The standard InChI is InChI=1S/C13H11NO4S/c15-8-11-1-2-13(12(7-11)14(16)17)18-5-3-10-4-6-19-9-10/h1-2,4,6-9H,3,5H2. The summed E-state index contributed by atoms with van der Waals surface area (Å²) in [6, 6.07) is 6.15. The summed E-state index contributed by atoms with van der Waals surface area (Å²) in [7, 11) is 0. The minimum absolute atomic E-state index is 0.185. The Morgan fingerprint density at radius 2 is 2.21 bits per heavy atom. The van der Waals surface area contributed by atoms with E-state index in [9.17, 15) is 14.9 Å². The number of nitro benzene ring substituents is 1. The van der Waals surface area contributed by atoms with Crippen LogP contribution in [-0.2, 0) is 6.42 Å². The Bertz CT molecular complexity index is 580. The molecule has 0 unspecified atom stereocenters. The normalized spacial score (nSPS) is 10.1. The van der Waals surface area contributed by atoms with Crippen LogP contribution in [0.1, 0.15) is 15.9 Å². The molecule has 0 amide bonds. The van der Waals surface area contributed by atoms with E-state index < -0.39 is 4.92 Å². The van der Waals surface area contributed by atoms with Gasteiger partial charge in [0.25, 0.3) is 0 Å². The number of carbonyl (C=O) groups excluding carboxylic acids is 1. The van der Waals surface area contributed by atoms with Crippen molar-refractivity contribution in [3.8, 4) is 5.75 Å². The highest BCUT2D eigenvalue weighted by atomic mass is 32.1. The molecule has 0 saturated carbocycles. The summed E-state index contributed by atoms with van der Waals surface area (Å²) >= 11 is 1.60. The van der Waals surface area contributed by atoms with Gasteiger partial charge in [0.15, 0.2) is 5.75 Å². The van der Waals surface area contributed by atoms with Crippen LogP contribution < -0.4 is 4.74 Å². The predicted molar refractivity (Wildman–Crippen MR) is 72.0 cm³/mol. The fraction of sp³-hybridized carbons (Fsp3) is 0.154. The van der Waals surface area contributed by atoms with Crippen LogP contribution in [0.4, 0.5) is 5.69 Å². The van der Waals surface area contributed by atoms with E-state index in [-0.39, 0.29) is 17.0 Å². The molecule has 0 aliphatic rings. The van der Waals surface area contributed by atoms with Crippen LogP contribution in [0, 0.1) is 10.1 Å². The summed E-state index contributed by atoms with van der Waals surface area (Å²) in [5.74, 6) is 0.186. The zero-order chi connectivity index (χ0) is 13.7. The van der Waals surface area contributed by atoms with Gasteiger partial charge in [0.1, 0.15) is 6.29 Å². The summed E-state index contributed by atoms with van der Waals surface area (Å²) in [5.41, 5.74) is 1.21. The number of nitro groups is 1. The molecule has 1 aromatic carbocycles. The third-order valence-corrected chi connectivity index (χ3v) is 3.28. The highest BCUT2D eigenvalue weighted by molar-refractivity contribution is 7.07. The molecule has 0 aliphatic carbocycles. The van der Waals surface area contributed by atoms with Crippen LogP contribution in [0.25, 0.3) is 0 Å². The summed E-state index contributed by atoms with van der Waals surface area (Å²) < 4.78 is 5.42. The predicted octanol–water partition coefficient (Wildman–Crippen LogP) is 3.09. The molecule has 0 atom stereocenters. The van der Waals surface area contributed by atoms with Gasteiger partial charge in [-0.1, -0.05) is 0 Å². The van der Waals surface area contributed by atoms with Crippen molar-refractivity contribution in [1.82, 2.24) is 0 Å². The van der Waals surface area contributed by atoms with Crippen molar-refractivity contribution >= 4 is 23.3 Å². The number of rotatable bonds is 6. The lowest BCUT2D eigenvalue weighted by atomic mass is 10.2. The SMILES string of the molecule is O=Cc1ccc(OCCc2ccsc2)c([N+](=O)[O-])c1. The lowest BCUT2D eigenvalue weighted by Gasteiger charge is -2.06. The Balaban J connectivity index is 2.06. The van der Waals surface area contributed by atoms with Crippen LogP contribution in [0.2, 0.25) is 0 Å². The number of nitrogens with zero attached hydrogens (tertiary/aromatic N) is 1. The van der Waals surface area contributed by atoms with Gasteiger partial charge in [-0.2, -0.15) is 11.3 Å². The number of hydrogen-bond acceptors (Lipinski definition) is 5. The zero-order valence-electron chi connectivity index (χ0n) is 9.94. The summed E-state index contributed by atoms with van der Waals surface area (Å²) in [4.78, 5) is 20.9. The monoisotopic (exact) mass is 277 g/mol. The number of benzene rings is 1. The quantitative estimate of drug-likeness (QED) is 0.462. The first-order valence-electron chi connectivity index (χ1n) is 5.58. The summed E-state index contributed by atoms with van der Waals surface area (Å²) in [5, 5.41) is 14.9. The van der Waals surface area contributed by atoms with Crippen molar-refractivity contribution in [2.45, 2.75) is 6.42 Å². The van der Waals surface area contributed by atoms with E-state index >= 15 is 0 Å². The maximum absolute atomic E-state index is 10.9. The highest BCUT2D eigenvalue weighted by Gasteiger charge is 2.15. The molecule has 19 heavy (non-hydrogen) atoms. The summed E-state index contributed by atoms with van der Waals surface area (Å²) in [6.45, 7) is 0.359. The van der Waals surface area contributed by atoms with Crippen LogP contribution in [0.3, 0.4) is 0 Å². The summed E-state index contributed by atoms with van der Waals surface area (Å²) in [6.07, 6.45) is 1.26. The Labute approximate surface area is 113 Å². The molecule has 2 rings (SSSR count). The van der Waals surface area contributed by atoms with Gasteiger partial charge in [0, 0.05) is 18.1 Å². The first-order chi connectivity index (χ1) is 9.20. The van der Waals surface area contributed by atoms with Crippen molar-refractivity contribution in [3.63, 3.8) is 0 Å². The van der Waals surface area contributed by atoms with E-state index in [0.717, 1.165) is 5.56 Å². The molecule has 0 aliphatic heterocycles. The Kier molecular flexibility index (Phi) is 4.25. The smallest absolute Gasteiger partial charge is 0.311 e. The molecule has 1 aromatic heterocycles. The van der Waals surface area contributed by atoms with Gasteiger partial charge in [0.2, 0.25) is 0 Å². The van der Waals surface area contributed by atoms with Crippen LogP contribution >= 0.6 is 11.3 Å². The Morgan fingerprint density at radius 1 is 1.37 bits per heavy atom. The van der Waals surface area contributed by atoms with Gasteiger partial charge in [-0.3, -0.25) is 14.9 Å². The van der Waals surface area contributed by atoms with Crippen molar-refractivity contribution in [2.75, 3.05) is 6.61 Å². The van der Waals surface area contributed by atoms with Gasteiger partial charge in [0.05, 0.1) is 11.5 Å². The Hall–Kier alpha value is -2.21. The van der Waals surface area contributed by atoms with Crippen molar-refractivity contribution in [1.29, 1.82) is 0 Å². The molecule has 0 bridgehead atoms. The highest BCUT2D eigenvalue weighted by Crippen LogP contribution is 2.27. The maximum Gasteiger partial charge on any atom is 0.311 e. The molecule has 5 nitrogen and oxygen atoms in total. The third-order valence-electron chi connectivity index (χ3n) is 2.54. The average molecular weight is 277 g/mol. The maximum atomic E-state index is 10.9. The second kappa shape index (κ2) is 6.10. The van der Waals surface area contributed by atoms with Gasteiger partial charge in [-0.05, 0) is 34.5 Å². The molecular formula is C13H11NO4S. The van der Waals surface area contributed by atoms with Gasteiger partial charge in [-0.15, -0.1) is 0 Å². The van der Waals surface area contributed by atoms with Crippen LogP contribution in [-0.4, -0.2) is 17.8 Å². The van der Waals surface area contributed by atoms with Crippen molar-refractivity contribution < 1.29 is 14.5 Å². The molecule has 0 spiro atoms. The second-order valence-corrected chi connectivity index (χ2v) is 4.61. The number of hydrogen-bond donors (Lipinski definition) is 0. The van der Waals surface area contributed by atoms with Crippen LogP contribution in [0.5, 0.6) is 5.75 Å². The van der Waals surface area contributed by atoms with E-state index in [2.05, 4.69) is 0 Å². The molecule has 0 saturated heterocycles. The average Bonchev–Trinajstić information content (AvgIpc) is 2.92. The van der Waals surface area contributed by atoms with Gasteiger partial charge >= 0.3 is 5.69 Å². The first kappa shape index (κ1) is 13.2. The van der Waals surface area contributed by atoms with E-state index in [1.54, 1.807) is 11.3 Å². The molecule has 0 fully saturated rings. The minimum Gasteiger partial charge on any atom is -0.486 e. The van der Waals surface area contributed by atoms with Gasteiger partial charge in [-0.25, -0.2) is 0 Å². The molecule has 0 radical (unpaired) electrons. The van der Waals surface area contributed by atoms with Crippen LogP contribution in [0.15, 0.2) is 35.0 Å². The number of ether oxygens (including phenoxy) is 1. The van der Waals surface area contributed by atoms with Gasteiger partial charge < -0.3 is 4.74 Å². The molecule has 0 N–H and O–H groups in total. The second-order valence-electron chi connectivity index (χ2n) is 3.83. The third kappa shape index (κ3) is 3.38. The van der Waals surface area contributed by atoms with E-state index in [1.165, 1.54) is 18.2 Å². The molecular weight excluding hydrogens is 266 g/mol. The number of carbonyl (C=O) groups is 1.